The van der Waals surface area contributed by atoms with Gasteiger partial charge in [0.2, 0.25) is 0 Å². The van der Waals surface area contributed by atoms with Crippen molar-refractivity contribution in [1.82, 2.24) is 10.2 Å². The van der Waals surface area contributed by atoms with Crippen LogP contribution < -0.4 is 10.1 Å². The van der Waals surface area contributed by atoms with Crippen molar-refractivity contribution in [2.24, 2.45) is 0 Å². The molecule has 1 aliphatic heterocycles. The lowest BCUT2D eigenvalue weighted by Gasteiger charge is -2.27. The van der Waals surface area contributed by atoms with Crippen LogP contribution in [0.25, 0.3) is 0 Å². The Balaban J connectivity index is 1.83. The summed E-state index contributed by atoms with van der Waals surface area (Å²) < 4.78 is 10.6. The molecule has 1 N–H and O–H groups in total. The van der Waals surface area contributed by atoms with Crippen LogP contribution in [0.2, 0.25) is 0 Å². The molecule has 19 heavy (non-hydrogen) atoms. The molecule has 1 amide bonds. The summed E-state index contributed by atoms with van der Waals surface area (Å²) in [4.78, 5) is 13.8. The lowest BCUT2D eigenvalue weighted by Crippen LogP contribution is -2.47. The standard InChI is InChI=1S/C14H20N2O3/c1-18-10-12-3-2-4-13(9-12)19-11-14(17)16-7-5-15-6-8-16/h2-4,9,15H,5-8,10-11H2,1H3. The lowest BCUT2D eigenvalue weighted by molar-refractivity contribution is -0.133. The van der Waals surface area contributed by atoms with Crippen molar-refractivity contribution in [3.63, 3.8) is 0 Å². The van der Waals surface area contributed by atoms with Gasteiger partial charge in [-0.15, -0.1) is 0 Å². The fourth-order valence-electron chi connectivity index (χ4n) is 2.04. The minimum Gasteiger partial charge on any atom is -0.484 e. The Bertz CT molecular complexity index is 417. The van der Waals surface area contributed by atoms with E-state index in [9.17, 15) is 4.79 Å². The van der Waals surface area contributed by atoms with Crippen molar-refractivity contribution >= 4 is 5.91 Å². The van der Waals surface area contributed by atoms with Crippen LogP contribution in [0, 0.1) is 0 Å². The number of nitrogens with zero attached hydrogens (tertiary/aromatic N) is 1. The van der Waals surface area contributed by atoms with Gasteiger partial charge in [0.15, 0.2) is 6.61 Å². The number of nitrogens with one attached hydrogen (secondary N) is 1. The average molecular weight is 264 g/mol. The molecule has 0 aliphatic carbocycles. The second-order valence-electron chi connectivity index (χ2n) is 4.50. The van der Waals surface area contributed by atoms with Gasteiger partial charge in [-0.1, -0.05) is 12.1 Å². The highest BCUT2D eigenvalue weighted by Gasteiger charge is 2.16. The first-order valence-corrected chi connectivity index (χ1v) is 6.49. The number of benzene rings is 1. The molecule has 0 unspecified atom stereocenters. The van der Waals surface area contributed by atoms with Gasteiger partial charge in [-0.2, -0.15) is 0 Å². The van der Waals surface area contributed by atoms with Gasteiger partial charge >= 0.3 is 0 Å². The van der Waals surface area contributed by atoms with Crippen LogP contribution in [0.5, 0.6) is 5.75 Å². The van der Waals surface area contributed by atoms with Gasteiger partial charge in [0.25, 0.3) is 5.91 Å². The zero-order chi connectivity index (χ0) is 13.5. The third-order valence-electron chi connectivity index (χ3n) is 3.04. The summed E-state index contributed by atoms with van der Waals surface area (Å²) in [6.45, 7) is 3.86. The first-order chi connectivity index (χ1) is 9.29. The molecule has 1 aromatic rings. The van der Waals surface area contributed by atoms with E-state index in [4.69, 9.17) is 9.47 Å². The lowest BCUT2D eigenvalue weighted by atomic mass is 10.2. The normalized spacial score (nSPS) is 15.3. The number of rotatable bonds is 5. The van der Waals surface area contributed by atoms with Crippen molar-refractivity contribution < 1.29 is 14.3 Å². The molecule has 104 valence electrons. The van der Waals surface area contributed by atoms with Crippen LogP contribution in [-0.4, -0.2) is 50.7 Å². The monoisotopic (exact) mass is 264 g/mol. The molecule has 0 atom stereocenters. The highest BCUT2D eigenvalue weighted by molar-refractivity contribution is 5.77. The van der Waals surface area contributed by atoms with Crippen molar-refractivity contribution in [1.29, 1.82) is 0 Å². The van der Waals surface area contributed by atoms with E-state index in [1.165, 1.54) is 0 Å². The number of hydrogen-bond acceptors (Lipinski definition) is 4. The van der Waals surface area contributed by atoms with Gasteiger partial charge in [-0.25, -0.2) is 0 Å². The maximum absolute atomic E-state index is 11.9. The Hall–Kier alpha value is -1.59. The zero-order valence-electron chi connectivity index (χ0n) is 11.2. The first kappa shape index (κ1) is 13.8. The maximum atomic E-state index is 11.9. The van der Waals surface area contributed by atoms with Crippen LogP contribution in [0.3, 0.4) is 0 Å². The summed E-state index contributed by atoms with van der Waals surface area (Å²) in [6, 6.07) is 7.62. The molecule has 0 bridgehead atoms. The van der Waals surface area contributed by atoms with Crippen molar-refractivity contribution in [2.75, 3.05) is 39.9 Å². The van der Waals surface area contributed by atoms with Crippen LogP contribution in [0.1, 0.15) is 5.56 Å². The Labute approximate surface area is 113 Å². The SMILES string of the molecule is COCc1cccc(OCC(=O)N2CCNCC2)c1. The van der Waals surface area contributed by atoms with E-state index in [2.05, 4.69) is 5.32 Å². The van der Waals surface area contributed by atoms with E-state index in [1.54, 1.807) is 7.11 Å². The Kier molecular flexibility index (Phi) is 5.18. The molecular weight excluding hydrogens is 244 g/mol. The minimum absolute atomic E-state index is 0.0404. The molecule has 0 radical (unpaired) electrons. The third kappa shape index (κ3) is 4.22. The first-order valence-electron chi connectivity index (χ1n) is 6.49. The van der Waals surface area contributed by atoms with Crippen LogP contribution in [-0.2, 0) is 16.1 Å². The molecule has 0 aromatic heterocycles. The number of hydrogen-bond donors (Lipinski definition) is 1. The quantitative estimate of drug-likeness (QED) is 0.848. The predicted octanol–water partition coefficient (Wildman–Crippen LogP) is 0.644. The Morgan fingerprint density at radius 2 is 2.16 bits per heavy atom. The second kappa shape index (κ2) is 7.11. The topological polar surface area (TPSA) is 50.8 Å². The number of amides is 1. The molecule has 5 heteroatoms. The zero-order valence-corrected chi connectivity index (χ0v) is 11.2. The van der Waals surface area contributed by atoms with E-state index < -0.39 is 0 Å². The summed E-state index contributed by atoms with van der Waals surface area (Å²) in [5.74, 6) is 0.747. The average Bonchev–Trinajstić information content (AvgIpc) is 2.46. The van der Waals surface area contributed by atoms with Crippen LogP contribution in [0.4, 0.5) is 0 Å². The fourth-order valence-corrected chi connectivity index (χ4v) is 2.04. The number of carbonyl (C=O) groups excluding carboxylic acids is 1. The molecular formula is C14H20N2O3. The highest BCUT2D eigenvalue weighted by Crippen LogP contribution is 2.14. The summed E-state index contributed by atoms with van der Waals surface area (Å²) >= 11 is 0. The molecule has 1 heterocycles. The largest absolute Gasteiger partial charge is 0.484 e. The Morgan fingerprint density at radius 1 is 1.37 bits per heavy atom. The van der Waals surface area contributed by atoms with Gasteiger partial charge in [0.05, 0.1) is 6.61 Å². The summed E-state index contributed by atoms with van der Waals surface area (Å²) in [5, 5.41) is 3.22. The molecule has 0 spiro atoms. The summed E-state index contributed by atoms with van der Waals surface area (Å²) in [6.07, 6.45) is 0. The molecule has 5 nitrogen and oxygen atoms in total. The van der Waals surface area contributed by atoms with E-state index in [-0.39, 0.29) is 12.5 Å². The van der Waals surface area contributed by atoms with Crippen molar-refractivity contribution in [3.05, 3.63) is 29.8 Å². The maximum Gasteiger partial charge on any atom is 0.260 e. The summed E-state index contributed by atoms with van der Waals surface area (Å²) in [7, 11) is 1.65. The van der Waals surface area contributed by atoms with Gasteiger partial charge in [0, 0.05) is 33.3 Å². The third-order valence-corrected chi connectivity index (χ3v) is 3.04. The molecule has 1 fully saturated rings. The van der Waals surface area contributed by atoms with Gasteiger partial charge in [-0.05, 0) is 17.7 Å². The molecule has 1 saturated heterocycles. The Morgan fingerprint density at radius 3 is 2.89 bits per heavy atom. The fraction of sp³-hybridized carbons (Fsp3) is 0.500. The smallest absolute Gasteiger partial charge is 0.260 e. The molecule has 1 aromatic carbocycles. The number of carbonyl (C=O) groups is 1. The van der Waals surface area contributed by atoms with E-state index in [0.717, 1.165) is 31.7 Å². The van der Waals surface area contributed by atoms with Crippen molar-refractivity contribution in [3.8, 4) is 5.75 Å². The minimum atomic E-state index is 0.0404. The number of piperazine rings is 1. The second-order valence-corrected chi connectivity index (χ2v) is 4.50. The van der Waals surface area contributed by atoms with Gasteiger partial charge in [0.1, 0.15) is 5.75 Å². The number of methoxy groups -OCH3 is 1. The van der Waals surface area contributed by atoms with Crippen LogP contribution >= 0.6 is 0 Å². The number of ether oxygens (including phenoxy) is 2. The van der Waals surface area contributed by atoms with Gasteiger partial charge < -0.3 is 19.7 Å². The van der Waals surface area contributed by atoms with E-state index in [1.807, 2.05) is 29.2 Å². The molecule has 2 rings (SSSR count). The predicted molar refractivity (Wildman–Crippen MR) is 72.1 cm³/mol. The highest BCUT2D eigenvalue weighted by atomic mass is 16.5. The van der Waals surface area contributed by atoms with Crippen LogP contribution in [0.15, 0.2) is 24.3 Å². The molecule has 0 saturated carbocycles. The molecule has 1 aliphatic rings. The van der Waals surface area contributed by atoms with E-state index >= 15 is 0 Å². The van der Waals surface area contributed by atoms with Crippen molar-refractivity contribution in [2.45, 2.75) is 6.61 Å². The van der Waals surface area contributed by atoms with Gasteiger partial charge in [-0.3, -0.25) is 4.79 Å². The van der Waals surface area contributed by atoms with E-state index in [0.29, 0.717) is 12.4 Å². The summed E-state index contributed by atoms with van der Waals surface area (Å²) in [5.41, 5.74) is 1.04.